The molecule has 0 fully saturated rings. The standard InChI is InChI=1S/C13H17BF3O/c1-10(14(15,16)17)9-18-12-7-5-6-11(8-12)13(2,3)4/h5-8H,1,9H2,2-4H3/q-1. The lowest BCUT2D eigenvalue weighted by atomic mass is 9.81. The Morgan fingerprint density at radius 1 is 1.28 bits per heavy atom. The van der Waals surface area contributed by atoms with E-state index in [2.05, 4.69) is 6.58 Å². The highest BCUT2D eigenvalue weighted by Crippen LogP contribution is 2.26. The van der Waals surface area contributed by atoms with Gasteiger partial charge in [-0.2, -0.15) is 0 Å². The van der Waals surface area contributed by atoms with Gasteiger partial charge in [0.1, 0.15) is 5.75 Å². The van der Waals surface area contributed by atoms with E-state index in [-0.39, 0.29) is 5.41 Å². The van der Waals surface area contributed by atoms with Crippen LogP contribution in [0.25, 0.3) is 0 Å². The summed E-state index contributed by atoms with van der Waals surface area (Å²) in [6.45, 7) is 3.54. The average Bonchev–Trinajstić information content (AvgIpc) is 2.23. The molecule has 0 aliphatic heterocycles. The number of hydrogen-bond acceptors (Lipinski definition) is 1. The summed E-state index contributed by atoms with van der Waals surface area (Å²) >= 11 is 0. The first kappa shape index (κ1) is 14.7. The Balaban J connectivity index is 2.73. The fraction of sp³-hybridized carbons (Fsp3) is 0.385. The van der Waals surface area contributed by atoms with Gasteiger partial charge in [-0.1, -0.05) is 32.9 Å². The summed E-state index contributed by atoms with van der Waals surface area (Å²) < 4.78 is 42.0. The molecule has 0 atom stereocenters. The lowest BCUT2D eigenvalue weighted by Gasteiger charge is -2.21. The highest BCUT2D eigenvalue weighted by molar-refractivity contribution is 6.66. The van der Waals surface area contributed by atoms with Crippen LogP contribution in [0, 0.1) is 0 Å². The third kappa shape index (κ3) is 4.13. The molecular formula is C13H17BF3O-. The summed E-state index contributed by atoms with van der Waals surface area (Å²) in [7, 11) is 0. The van der Waals surface area contributed by atoms with Crippen LogP contribution in [0.5, 0.6) is 5.75 Å². The van der Waals surface area contributed by atoms with Crippen LogP contribution in [0.4, 0.5) is 12.9 Å². The van der Waals surface area contributed by atoms with E-state index < -0.39 is 19.1 Å². The number of rotatable bonds is 4. The van der Waals surface area contributed by atoms with Crippen molar-refractivity contribution in [2.24, 2.45) is 0 Å². The molecule has 0 radical (unpaired) electrons. The van der Waals surface area contributed by atoms with Crippen molar-refractivity contribution in [1.29, 1.82) is 0 Å². The van der Waals surface area contributed by atoms with Crippen LogP contribution < -0.4 is 4.74 Å². The van der Waals surface area contributed by atoms with Gasteiger partial charge in [0.25, 0.3) is 0 Å². The predicted octanol–water partition coefficient (Wildman–Crippen LogP) is 4.31. The molecule has 0 spiro atoms. The summed E-state index contributed by atoms with van der Waals surface area (Å²) in [6.07, 6.45) is 0. The van der Waals surface area contributed by atoms with E-state index >= 15 is 0 Å². The molecule has 0 saturated carbocycles. The summed E-state index contributed by atoms with van der Waals surface area (Å²) in [5, 5.41) is 0. The van der Waals surface area contributed by atoms with Gasteiger partial charge >= 0.3 is 6.98 Å². The molecule has 1 aromatic rings. The van der Waals surface area contributed by atoms with Crippen molar-refractivity contribution in [3.8, 4) is 5.75 Å². The van der Waals surface area contributed by atoms with E-state index in [1.165, 1.54) is 0 Å². The summed E-state index contributed by atoms with van der Waals surface area (Å²) in [5.74, 6) is 0.434. The molecule has 0 aliphatic carbocycles. The lowest BCUT2D eigenvalue weighted by Crippen LogP contribution is -2.23. The second-order valence-electron chi connectivity index (χ2n) is 5.30. The normalized spacial score (nSPS) is 12.3. The third-order valence-corrected chi connectivity index (χ3v) is 2.59. The first-order valence-corrected chi connectivity index (χ1v) is 5.71. The van der Waals surface area contributed by atoms with Crippen molar-refractivity contribution in [2.45, 2.75) is 26.2 Å². The molecule has 0 heterocycles. The van der Waals surface area contributed by atoms with Crippen molar-refractivity contribution >= 4 is 6.98 Å². The minimum absolute atomic E-state index is 0.0651. The second-order valence-corrected chi connectivity index (χ2v) is 5.30. The van der Waals surface area contributed by atoms with Gasteiger partial charge in [-0.15, -0.1) is 12.1 Å². The molecule has 1 aromatic carbocycles. The molecule has 1 nitrogen and oxygen atoms in total. The van der Waals surface area contributed by atoms with Gasteiger partial charge in [0.15, 0.2) is 0 Å². The quantitative estimate of drug-likeness (QED) is 0.730. The van der Waals surface area contributed by atoms with Gasteiger partial charge in [0.2, 0.25) is 0 Å². The number of halogens is 3. The fourth-order valence-corrected chi connectivity index (χ4v) is 1.32. The zero-order valence-corrected chi connectivity index (χ0v) is 10.8. The molecule has 100 valence electrons. The Morgan fingerprint density at radius 2 is 1.89 bits per heavy atom. The molecule has 5 heteroatoms. The molecule has 0 aromatic heterocycles. The van der Waals surface area contributed by atoms with E-state index in [4.69, 9.17) is 4.74 Å². The van der Waals surface area contributed by atoms with Crippen LogP contribution in [0.1, 0.15) is 26.3 Å². The molecule has 0 bridgehead atoms. The maximum atomic E-state index is 12.3. The number of benzene rings is 1. The van der Waals surface area contributed by atoms with Gasteiger partial charge in [-0.3, -0.25) is 0 Å². The summed E-state index contributed by atoms with van der Waals surface area (Å²) in [5.41, 5.74) is 0.129. The first-order chi connectivity index (χ1) is 8.10. The minimum atomic E-state index is -5.02. The molecule has 0 saturated heterocycles. The Kier molecular flexibility index (Phi) is 4.14. The molecule has 18 heavy (non-hydrogen) atoms. The van der Waals surface area contributed by atoms with Crippen molar-refractivity contribution in [3.05, 3.63) is 41.9 Å². The van der Waals surface area contributed by atoms with Gasteiger partial charge in [-0.25, -0.2) is 0 Å². The Hall–Kier alpha value is -1.39. The molecule has 0 amide bonds. The topological polar surface area (TPSA) is 9.23 Å². The van der Waals surface area contributed by atoms with Gasteiger partial charge in [-0.05, 0) is 23.1 Å². The van der Waals surface area contributed by atoms with E-state index in [0.29, 0.717) is 5.75 Å². The van der Waals surface area contributed by atoms with E-state index in [9.17, 15) is 12.9 Å². The van der Waals surface area contributed by atoms with Gasteiger partial charge in [0, 0.05) is 0 Å². The van der Waals surface area contributed by atoms with Crippen molar-refractivity contribution in [1.82, 2.24) is 0 Å². The van der Waals surface area contributed by atoms with Crippen molar-refractivity contribution < 1.29 is 17.7 Å². The maximum Gasteiger partial charge on any atom is 0.508 e. The Morgan fingerprint density at radius 3 is 2.39 bits per heavy atom. The highest BCUT2D eigenvalue weighted by atomic mass is 19.4. The van der Waals surface area contributed by atoms with Gasteiger partial charge < -0.3 is 17.7 Å². The number of hydrogen-bond donors (Lipinski definition) is 0. The molecule has 0 N–H and O–H groups in total. The van der Waals surface area contributed by atoms with Crippen LogP contribution in [-0.4, -0.2) is 13.6 Å². The van der Waals surface area contributed by atoms with Crippen molar-refractivity contribution in [3.63, 3.8) is 0 Å². The number of ether oxygens (including phenoxy) is 1. The second kappa shape index (κ2) is 5.08. The summed E-state index contributed by atoms with van der Waals surface area (Å²) in [6, 6.07) is 7.11. The zero-order chi connectivity index (χ0) is 14.0. The monoisotopic (exact) mass is 257 g/mol. The SMILES string of the molecule is C=C(COc1cccc(C(C)(C)C)c1)[B-](F)(F)F. The predicted molar refractivity (Wildman–Crippen MR) is 68.9 cm³/mol. The smallest absolute Gasteiger partial charge is 0.492 e. The van der Waals surface area contributed by atoms with Crippen molar-refractivity contribution in [2.75, 3.05) is 6.61 Å². The van der Waals surface area contributed by atoms with Crippen LogP contribution in [0.15, 0.2) is 36.3 Å². The molecular weight excluding hydrogens is 240 g/mol. The minimum Gasteiger partial charge on any atom is -0.492 e. The molecule has 1 rings (SSSR count). The Labute approximate surface area is 106 Å². The molecule has 0 unspecified atom stereocenters. The van der Waals surface area contributed by atoms with E-state index in [0.717, 1.165) is 5.56 Å². The van der Waals surface area contributed by atoms with E-state index in [1.807, 2.05) is 26.8 Å². The third-order valence-electron chi connectivity index (χ3n) is 2.59. The highest BCUT2D eigenvalue weighted by Gasteiger charge is 2.27. The largest absolute Gasteiger partial charge is 0.508 e. The van der Waals surface area contributed by atoms with Gasteiger partial charge in [0.05, 0.1) is 6.61 Å². The summed E-state index contributed by atoms with van der Waals surface area (Å²) in [4.78, 5) is 0. The van der Waals surface area contributed by atoms with E-state index in [1.54, 1.807) is 18.2 Å². The van der Waals surface area contributed by atoms with Crippen LogP contribution in [-0.2, 0) is 5.41 Å². The van der Waals surface area contributed by atoms with Crippen LogP contribution in [0.2, 0.25) is 0 Å². The van der Waals surface area contributed by atoms with Crippen LogP contribution in [0.3, 0.4) is 0 Å². The fourth-order valence-electron chi connectivity index (χ4n) is 1.32. The molecule has 0 aliphatic rings. The maximum absolute atomic E-state index is 12.3. The average molecular weight is 257 g/mol. The first-order valence-electron chi connectivity index (χ1n) is 5.71. The Bertz CT molecular complexity index is 433. The zero-order valence-electron chi connectivity index (χ0n) is 10.8. The lowest BCUT2D eigenvalue weighted by molar-refractivity contribution is 0.345. The van der Waals surface area contributed by atoms with Crippen LogP contribution >= 0.6 is 0 Å².